The highest BCUT2D eigenvalue weighted by molar-refractivity contribution is 5.78. The fourth-order valence-corrected chi connectivity index (χ4v) is 2.46. The number of rotatable bonds is 7. The molecule has 1 amide bonds. The number of carbonyl (C=O) groups is 1. The number of anilines is 2. The number of amides is 1. The maximum atomic E-state index is 11.2. The van der Waals surface area contributed by atoms with Gasteiger partial charge in [0.25, 0.3) is 0 Å². The van der Waals surface area contributed by atoms with Crippen LogP contribution in [0.4, 0.5) is 11.6 Å². The predicted octanol–water partition coefficient (Wildman–Crippen LogP) is 1.86. The molecule has 1 fully saturated rings. The molecule has 0 bridgehead atoms. The molecule has 116 valence electrons. The number of hydrogen-bond donors (Lipinski definition) is 3. The first-order chi connectivity index (χ1) is 10.1. The van der Waals surface area contributed by atoms with E-state index in [-0.39, 0.29) is 11.9 Å². The van der Waals surface area contributed by atoms with Crippen LogP contribution in [0.1, 0.15) is 44.5 Å². The molecule has 1 aromatic rings. The lowest BCUT2D eigenvalue weighted by Crippen LogP contribution is -2.32. The van der Waals surface area contributed by atoms with Gasteiger partial charge in [0.15, 0.2) is 0 Å². The molecule has 0 radical (unpaired) electrons. The summed E-state index contributed by atoms with van der Waals surface area (Å²) in [6.45, 7) is 7.74. The number of carbonyl (C=O) groups excluding carboxylic acids is 1. The number of nitrogens with zero attached hydrogens (tertiary/aromatic N) is 2. The number of nitrogens with one attached hydrogen (secondary N) is 3. The minimum Gasteiger partial charge on any atom is -0.370 e. The van der Waals surface area contributed by atoms with E-state index in [9.17, 15) is 4.79 Å². The van der Waals surface area contributed by atoms with Gasteiger partial charge in [-0.25, -0.2) is 9.97 Å². The molecule has 2 rings (SSSR count). The van der Waals surface area contributed by atoms with Crippen LogP contribution in [0.3, 0.4) is 0 Å². The lowest BCUT2D eigenvalue weighted by Gasteiger charge is -2.16. The van der Waals surface area contributed by atoms with Gasteiger partial charge < -0.3 is 16.0 Å². The highest BCUT2D eigenvalue weighted by atomic mass is 16.1. The average Bonchev–Trinajstić information content (AvgIpc) is 2.87. The van der Waals surface area contributed by atoms with Gasteiger partial charge in [-0.15, -0.1) is 0 Å². The van der Waals surface area contributed by atoms with Crippen LogP contribution in [0.5, 0.6) is 0 Å². The van der Waals surface area contributed by atoms with Crippen LogP contribution in [0.2, 0.25) is 0 Å². The second kappa shape index (κ2) is 7.24. The Morgan fingerprint density at radius 1 is 1.24 bits per heavy atom. The molecule has 1 aromatic heterocycles. The molecule has 6 nitrogen and oxygen atoms in total. The van der Waals surface area contributed by atoms with Crippen molar-refractivity contribution in [2.75, 3.05) is 23.7 Å². The topological polar surface area (TPSA) is 78.9 Å². The molecule has 0 aromatic carbocycles. The molecule has 0 spiro atoms. The van der Waals surface area contributed by atoms with Gasteiger partial charge in [0, 0.05) is 37.5 Å². The van der Waals surface area contributed by atoms with E-state index in [0.29, 0.717) is 13.0 Å². The van der Waals surface area contributed by atoms with Gasteiger partial charge in [-0.3, -0.25) is 4.79 Å². The van der Waals surface area contributed by atoms with Crippen LogP contribution in [0.25, 0.3) is 0 Å². The van der Waals surface area contributed by atoms with E-state index in [0.717, 1.165) is 48.8 Å². The Morgan fingerprint density at radius 2 is 1.95 bits per heavy atom. The molecule has 0 aliphatic carbocycles. The zero-order valence-corrected chi connectivity index (χ0v) is 13.1. The third kappa shape index (κ3) is 4.06. The lowest BCUT2D eigenvalue weighted by atomic mass is 10.2. The minimum absolute atomic E-state index is 0.140. The lowest BCUT2D eigenvalue weighted by molar-refractivity contribution is -0.119. The molecule has 1 unspecified atom stereocenters. The van der Waals surface area contributed by atoms with Crippen LogP contribution in [-0.2, 0) is 11.2 Å². The van der Waals surface area contributed by atoms with Gasteiger partial charge in [0.05, 0.1) is 0 Å². The first kappa shape index (κ1) is 15.5. The normalized spacial score (nSPS) is 17.7. The average molecular weight is 291 g/mol. The maximum absolute atomic E-state index is 11.2. The van der Waals surface area contributed by atoms with Crippen molar-refractivity contribution < 1.29 is 4.79 Å². The Morgan fingerprint density at radius 3 is 2.52 bits per heavy atom. The Labute approximate surface area is 126 Å². The van der Waals surface area contributed by atoms with Gasteiger partial charge in [-0.2, -0.15) is 0 Å². The molecule has 1 saturated heterocycles. The standard InChI is InChI=1S/C15H25N5O/c1-4-6-12-19-14(16-5-2)10(3)15(20-12)17-9-11-7-8-13(21)18-11/h11H,4-9H2,1-3H3,(H,18,21)(H2,16,17,19,20). The summed E-state index contributed by atoms with van der Waals surface area (Å²) in [4.78, 5) is 20.4. The van der Waals surface area contributed by atoms with E-state index in [1.54, 1.807) is 0 Å². The van der Waals surface area contributed by atoms with Crippen molar-refractivity contribution in [2.45, 2.75) is 52.5 Å². The van der Waals surface area contributed by atoms with Crippen molar-refractivity contribution in [3.8, 4) is 0 Å². The Hall–Kier alpha value is -1.85. The zero-order chi connectivity index (χ0) is 15.2. The summed E-state index contributed by atoms with van der Waals surface area (Å²) in [5.74, 6) is 2.76. The van der Waals surface area contributed by atoms with E-state index in [2.05, 4.69) is 39.8 Å². The second-order valence-electron chi connectivity index (χ2n) is 5.43. The highest BCUT2D eigenvalue weighted by Gasteiger charge is 2.21. The Bertz CT molecular complexity index is 503. The monoisotopic (exact) mass is 291 g/mol. The second-order valence-corrected chi connectivity index (χ2v) is 5.43. The molecule has 2 heterocycles. The van der Waals surface area contributed by atoms with Gasteiger partial charge in [0.1, 0.15) is 17.5 Å². The van der Waals surface area contributed by atoms with E-state index in [1.807, 2.05) is 6.92 Å². The highest BCUT2D eigenvalue weighted by Crippen LogP contribution is 2.21. The molecule has 6 heteroatoms. The smallest absolute Gasteiger partial charge is 0.220 e. The largest absolute Gasteiger partial charge is 0.370 e. The first-order valence-corrected chi connectivity index (χ1v) is 7.78. The minimum atomic E-state index is 0.140. The van der Waals surface area contributed by atoms with Crippen LogP contribution in [0, 0.1) is 6.92 Å². The summed E-state index contributed by atoms with van der Waals surface area (Å²) in [6, 6.07) is 0.198. The molecule has 3 N–H and O–H groups in total. The Balaban J connectivity index is 2.10. The summed E-state index contributed by atoms with van der Waals surface area (Å²) in [5.41, 5.74) is 1.03. The van der Waals surface area contributed by atoms with Gasteiger partial charge in [-0.1, -0.05) is 6.92 Å². The fraction of sp³-hybridized carbons (Fsp3) is 0.667. The molecule has 0 saturated carbocycles. The summed E-state index contributed by atoms with van der Waals surface area (Å²) in [6.07, 6.45) is 3.40. The summed E-state index contributed by atoms with van der Waals surface area (Å²) in [7, 11) is 0. The number of aryl methyl sites for hydroxylation is 1. The molecule has 1 atom stereocenters. The molecule has 1 aliphatic heterocycles. The van der Waals surface area contributed by atoms with Crippen molar-refractivity contribution >= 4 is 17.5 Å². The number of hydrogen-bond acceptors (Lipinski definition) is 5. The number of aromatic nitrogens is 2. The third-order valence-electron chi connectivity index (χ3n) is 3.61. The third-order valence-corrected chi connectivity index (χ3v) is 3.61. The molecular weight excluding hydrogens is 266 g/mol. The van der Waals surface area contributed by atoms with Crippen molar-refractivity contribution in [2.24, 2.45) is 0 Å². The van der Waals surface area contributed by atoms with E-state index in [4.69, 9.17) is 0 Å². The SMILES string of the molecule is CCCc1nc(NCC)c(C)c(NCC2CCC(=O)N2)n1. The van der Waals surface area contributed by atoms with Gasteiger partial charge in [-0.05, 0) is 26.7 Å². The van der Waals surface area contributed by atoms with Gasteiger partial charge >= 0.3 is 0 Å². The van der Waals surface area contributed by atoms with E-state index < -0.39 is 0 Å². The quantitative estimate of drug-likeness (QED) is 0.714. The first-order valence-electron chi connectivity index (χ1n) is 7.78. The molecular formula is C15H25N5O. The Kier molecular flexibility index (Phi) is 5.36. The molecule has 1 aliphatic rings. The van der Waals surface area contributed by atoms with Crippen LogP contribution >= 0.6 is 0 Å². The fourth-order valence-electron chi connectivity index (χ4n) is 2.46. The van der Waals surface area contributed by atoms with Crippen molar-refractivity contribution in [3.05, 3.63) is 11.4 Å². The summed E-state index contributed by atoms with van der Waals surface area (Å²) < 4.78 is 0. The molecule has 21 heavy (non-hydrogen) atoms. The van der Waals surface area contributed by atoms with Crippen LogP contribution in [0.15, 0.2) is 0 Å². The van der Waals surface area contributed by atoms with Crippen LogP contribution in [-0.4, -0.2) is 35.0 Å². The van der Waals surface area contributed by atoms with Crippen molar-refractivity contribution in [3.63, 3.8) is 0 Å². The zero-order valence-electron chi connectivity index (χ0n) is 13.1. The predicted molar refractivity (Wildman–Crippen MR) is 84.6 cm³/mol. The van der Waals surface area contributed by atoms with Crippen molar-refractivity contribution in [1.82, 2.24) is 15.3 Å². The summed E-state index contributed by atoms with van der Waals surface area (Å²) >= 11 is 0. The van der Waals surface area contributed by atoms with E-state index >= 15 is 0 Å². The van der Waals surface area contributed by atoms with E-state index in [1.165, 1.54) is 0 Å². The van der Waals surface area contributed by atoms with Gasteiger partial charge in [0.2, 0.25) is 5.91 Å². The van der Waals surface area contributed by atoms with Crippen molar-refractivity contribution in [1.29, 1.82) is 0 Å². The maximum Gasteiger partial charge on any atom is 0.220 e. The van der Waals surface area contributed by atoms with Crippen LogP contribution < -0.4 is 16.0 Å². The summed E-state index contributed by atoms with van der Waals surface area (Å²) in [5, 5.41) is 9.62.